The molecule has 2 atom stereocenters. The van der Waals surface area contributed by atoms with Crippen molar-refractivity contribution < 1.29 is 17.9 Å². The molecule has 1 amide bonds. The molecule has 6 N–H and O–H groups in total. The Morgan fingerprint density at radius 3 is 2.48 bits per heavy atom. The fourth-order valence-electron chi connectivity index (χ4n) is 4.01. The first-order valence-corrected chi connectivity index (χ1v) is 12.4. The van der Waals surface area contributed by atoms with Crippen LogP contribution in [0, 0.1) is 0 Å². The third kappa shape index (κ3) is 5.41. The lowest BCUT2D eigenvalue weighted by molar-refractivity contribution is 0.0730. The van der Waals surface area contributed by atoms with Crippen LogP contribution in [0.15, 0.2) is 35.4 Å². The highest BCUT2D eigenvalue weighted by atomic mass is 32.2. The fourth-order valence-corrected chi connectivity index (χ4v) is 5.42. The number of carbonyl (C=O) groups is 1. The van der Waals surface area contributed by atoms with Crippen molar-refractivity contribution in [3.05, 3.63) is 36.0 Å². The lowest BCUT2D eigenvalue weighted by Crippen LogP contribution is -2.43. The summed E-state index contributed by atoms with van der Waals surface area (Å²) in [4.78, 5) is 20.7. The van der Waals surface area contributed by atoms with Gasteiger partial charge in [-0.2, -0.15) is 9.29 Å². The van der Waals surface area contributed by atoms with Crippen LogP contribution in [0.3, 0.4) is 0 Å². The molecule has 1 aromatic carbocycles. The quantitative estimate of drug-likeness (QED) is 0.457. The Kier molecular flexibility index (Phi) is 7.08. The Balaban J connectivity index is 1.52. The Labute approximate surface area is 193 Å². The van der Waals surface area contributed by atoms with Gasteiger partial charge in [0.1, 0.15) is 11.4 Å². The van der Waals surface area contributed by atoms with Crippen molar-refractivity contribution in [2.75, 3.05) is 36.9 Å². The van der Waals surface area contributed by atoms with E-state index < -0.39 is 15.9 Å². The second-order valence-corrected chi connectivity index (χ2v) is 10.1. The van der Waals surface area contributed by atoms with Crippen molar-refractivity contribution in [1.82, 2.24) is 14.3 Å². The van der Waals surface area contributed by atoms with E-state index in [1.165, 1.54) is 22.6 Å². The number of nitrogens with one attached hydrogen (secondary N) is 2. The zero-order valence-electron chi connectivity index (χ0n) is 18.2. The van der Waals surface area contributed by atoms with E-state index in [4.69, 9.17) is 16.2 Å². The molecule has 1 saturated heterocycles. The molecule has 0 spiro atoms. The molecule has 11 nitrogen and oxygen atoms in total. The summed E-state index contributed by atoms with van der Waals surface area (Å²) >= 11 is 0. The van der Waals surface area contributed by atoms with Gasteiger partial charge in [0.2, 0.25) is 16.0 Å². The van der Waals surface area contributed by atoms with E-state index in [0.29, 0.717) is 37.9 Å². The number of anilines is 3. The average molecular weight is 476 g/mol. The van der Waals surface area contributed by atoms with E-state index >= 15 is 0 Å². The molecular weight excluding hydrogens is 446 g/mol. The second kappa shape index (κ2) is 10.00. The minimum atomic E-state index is -3.60. The van der Waals surface area contributed by atoms with E-state index in [2.05, 4.69) is 20.6 Å². The van der Waals surface area contributed by atoms with Gasteiger partial charge in [0.15, 0.2) is 0 Å². The van der Waals surface area contributed by atoms with Crippen LogP contribution >= 0.6 is 0 Å². The summed E-state index contributed by atoms with van der Waals surface area (Å²) in [5, 5.41) is 6.30. The van der Waals surface area contributed by atoms with Crippen molar-refractivity contribution in [3.63, 3.8) is 0 Å². The summed E-state index contributed by atoms with van der Waals surface area (Å²) in [7, 11) is -3.60. The average Bonchev–Trinajstić information content (AvgIpc) is 2.81. The third-order valence-electron chi connectivity index (χ3n) is 5.91. The molecule has 4 rings (SSSR count). The zero-order chi connectivity index (χ0) is 23.4. The van der Waals surface area contributed by atoms with Crippen LogP contribution < -0.4 is 22.1 Å². The standard InChI is InChI=1S/C21H29N7O4S/c22-17-3-1-2-4-18(17)26-21-24-13-16(19(23)29)20(27-21)25-14-5-7-15(8-6-14)33(30,31)28-9-11-32-12-10-28/h5-8,13,17-18H,1-4,9-12,22H2,(H2,23,29)(H2,24,25,26,27)/t17-,18+/m0/s1. The van der Waals surface area contributed by atoms with Gasteiger partial charge in [-0.1, -0.05) is 12.8 Å². The number of nitrogens with two attached hydrogens (primary N) is 2. The van der Waals surface area contributed by atoms with E-state index in [-0.39, 0.29) is 28.4 Å². The highest BCUT2D eigenvalue weighted by Crippen LogP contribution is 2.25. The summed E-state index contributed by atoms with van der Waals surface area (Å²) in [5.74, 6) is -0.102. The number of ether oxygens (including phenoxy) is 1. The molecule has 1 saturated carbocycles. The topological polar surface area (TPSA) is 166 Å². The highest BCUT2D eigenvalue weighted by Gasteiger charge is 2.26. The number of morpholine rings is 1. The van der Waals surface area contributed by atoms with E-state index in [9.17, 15) is 13.2 Å². The molecule has 1 aliphatic carbocycles. The maximum absolute atomic E-state index is 12.8. The molecule has 2 aliphatic rings. The molecule has 1 aromatic heterocycles. The molecule has 0 unspecified atom stereocenters. The highest BCUT2D eigenvalue weighted by molar-refractivity contribution is 7.89. The minimum absolute atomic E-state index is 0.00976. The van der Waals surface area contributed by atoms with Crippen molar-refractivity contribution >= 4 is 33.4 Å². The molecule has 178 valence electrons. The van der Waals surface area contributed by atoms with Crippen LogP contribution in [-0.4, -0.2) is 67.0 Å². The molecular formula is C21H29N7O4S. The number of nitrogens with zero attached hydrogens (tertiary/aromatic N) is 3. The van der Waals surface area contributed by atoms with Crippen LogP contribution in [0.1, 0.15) is 36.0 Å². The van der Waals surface area contributed by atoms with Gasteiger partial charge in [-0.25, -0.2) is 13.4 Å². The minimum Gasteiger partial charge on any atom is -0.379 e. The summed E-state index contributed by atoms with van der Waals surface area (Å²) in [6.07, 6.45) is 5.40. The van der Waals surface area contributed by atoms with E-state index in [1.807, 2.05) is 0 Å². The molecule has 2 aromatic rings. The third-order valence-corrected chi connectivity index (χ3v) is 7.83. The summed E-state index contributed by atoms with van der Waals surface area (Å²) in [6.45, 7) is 1.41. The van der Waals surface area contributed by atoms with Gasteiger partial charge in [-0.3, -0.25) is 4.79 Å². The van der Waals surface area contributed by atoms with Crippen LogP contribution in [0.4, 0.5) is 17.5 Å². The first-order chi connectivity index (χ1) is 15.8. The molecule has 2 heterocycles. The number of hydrogen-bond donors (Lipinski definition) is 4. The first kappa shape index (κ1) is 23.4. The van der Waals surface area contributed by atoms with Gasteiger partial charge >= 0.3 is 0 Å². The Hall–Kier alpha value is -2.80. The van der Waals surface area contributed by atoms with Crippen LogP contribution in [0.25, 0.3) is 0 Å². The number of rotatable bonds is 7. The Morgan fingerprint density at radius 2 is 1.82 bits per heavy atom. The van der Waals surface area contributed by atoms with Crippen molar-refractivity contribution in [3.8, 4) is 0 Å². The SMILES string of the molecule is NC(=O)c1cnc(N[C@@H]2CCCC[C@@H]2N)nc1Nc1ccc(S(=O)(=O)N2CCOCC2)cc1. The molecule has 33 heavy (non-hydrogen) atoms. The zero-order valence-corrected chi connectivity index (χ0v) is 19.1. The van der Waals surface area contributed by atoms with Gasteiger partial charge in [0.05, 0.1) is 18.1 Å². The van der Waals surface area contributed by atoms with E-state index in [1.54, 1.807) is 12.1 Å². The lowest BCUT2D eigenvalue weighted by atomic mass is 9.91. The van der Waals surface area contributed by atoms with Gasteiger partial charge in [-0.05, 0) is 37.1 Å². The van der Waals surface area contributed by atoms with E-state index in [0.717, 1.165) is 25.7 Å². The summed E-state index contributed by atoms with van der Waals surface area (Å²) in [5.41, 5.74) is 12.4. The number of hydrogen-bond acceptors (Lipinski definition) is 9. The predicted molar refractivity (Wildman–Crippen MR) is 124 cm³/mol. The number of primary amides is 1. The normalized spacial score (nSPS) is 22.0. The monoisotopic (exact) mass is 475 g/mol. The van der Waals surface area contributed by atoms with Gasteiger partial charge in [0, 0.05) is 37.1 Å². The summed E-state index contributed by atoms with van der Waals surface area (Å²) < 4.78 is 32.3. The Morgan fingerprint density at radius 1 is 1.12 bits per heavy atom. The van der Waals surface area contributed by atoms with Gasteiger partial charge < -0.3 is 26.8 Å². The molecule has 2 fully saturated rings. The molecule has 1 aliphatic heterocycles. The van der Waals surface area contributed by atoms with Gasteiger partial charge in [-0.15, -0.1) is 0 Å². The van der Waals surface area contributed by atoms with Crippen LogP contribution in [0.5, 0.6) is 0 Å². The lowest BCUT2D eigenvalue weighted by Gasteiger charge is -2.29. The van der Waals surface area contributed by atoms with Crippen molar-refractivity contribution in [1.29, 1.82) is 0 Å². The smallest absolute Gasteiger partial charge is 0.254 e. The second-order valence-electron chi connectivity index (χ2n) is 8.19. The molecule has 0 bridgehead atoms. The first-order valence-electron chi connectivity index (χ1n) is 11.0. The summed E-state index contributed by atoms with van der Waals surface area (Å²) in [6, 6.07) is 6.32. The van der Waals surface area contributed by atoms with Crippen molar-refractivity contribution in [2.24, 2.45) is 11.5 Å². The molecule has 12 heteroatoms. The number of carbonyl (C=O) groups excluding carboxylic acids is 1. The Bertz CT molecular complexity index is 1090. The van der Waals surface area contributed by atoms with Crippen LogP contribution in [-0.2, 0) is 14.8 Å². The maximum Gasteiger partial charge on any atom is 0.254 e. The molecule has 0 radical (unpaired) electrons. The van der Waals surface area contributed by atoms with Crippen molar-refractivity contribution in [2.45, 2.75) is 42.7 Å². The fraction of sp³-hybridized carbons (Fsp3) is 0.476. The number of sulfonamides is 1. The number of aromatic nitrogens is 2. The predicted octanol–water partition coefficient (Wildman–Crippen LogP) is 1.02. The number of amides is 1. The van der Waals surface area contributed by atoms with Gasteiger partial charge in [0.25, 0.3) is 5.91 Å². The largest absolute Gasteiger partial charge is 0.379 e. The number of benzene rings is 1. The van der Waals surface area contributed by atoms with Crippen LogP contribution in [0.2, 0.25) is 0 Å². The maximum atomic E-state index is 12.8.